The van der Waals surface area contributed by atoms with Crippen LogP contribution in [-0.4, -0.2) is 41.4 Å². The third-order valence-corrected chi connectivity index (χ3v) is 8.25. The fourth-order valence-electron chi connectivity index (χ4n) is 3.18. The maximum Gasteiger partial charge on any atom is 1.00 e. The molecule has 7 nitrogen and oxygen atoms in total. The van der Waals surface area contributed by atoms with Crippen LogP contribution in [0.4, 0.5) is 0 Å². The summed E-state index contributed by atoms with van der Waals surface area (Å²) in [5, 5.41) is 1.79. The average molecular weight is 468 g/mol. The van der Waals surface area contributed by atoms with Gasteiger partial charge in [-0.3, -0.25) is 0 Å². The fourth-order valence-corrected chi connectivity index (χ4v) is 6.87. The summed E-state index contributed by atoms with van der Waals surface area (Å²) in [4.78, 5) is -0.281. The minimum atomic E-state index is -4.72. The minimum absolute atomic E-state index is 0. The van der Waals surface area contributed by atoms with Gasteiger partial charge in [-0.15, -0.1) is 0 Å². The van der Waals surface area contributed by atoms with Gasteiger partial charge in [0.05, 0.1) is 33.3 Å². The summed E-state index contributed by atoms with van der Waals surface area (Å²) < 4.78 is 58.0. The van der Waals surface area contributed by atoms with Crippen molar-refractivity contribution in [3.05, 3.63) is 60.7 Å². The van der Waals surface area contributed by atoms with Gasteiger partial charge in [0.25, 0.3) is 0 Å². The van der Waals surface area contributed by atoms with E-state index in [1.807, 2.05) is 0 Å². The second kappa shape index (κ2) is 11.1. The van der Waals surface area contributed by atoms with Gasteiger partial charge in [0, 0.05) is 28.0 Å². The van der Waals surface area contributed by atoms with Gasteiger partial charge in [-0.05, 0) is 38.3 Å². The Kier molecular flexibility index (Phi) is 9.03. The molecule has 0 spiro atoms. The maximum atomic E-state index is 12.1. The molecule has 164 valence electrons. The van der Waals surface area contributed by atoms with Crippen LogP contribution in [-0.2, 0) is 10.1 Å². The number of hydrogen-bond donors (Lipinski definition) is 0. The predicted molar refractivity (Wildman–Crippen MR) is 119 cm³/mol. The van der Waals surface area contributed by atoms with Gasteiger partial charge < -0.3 is 23.5 Å². The van der Waals surface area contributed by atoms with Crippen molar-refractivity contribution in [2.24, 2.45) is 0 Å². The van der Waals surface area contributed by atoms with Crippen LogP contribution in [0, 0.1) is 0 Å². The molecule has 0 N–H and O–H groups in total. The summed E-state index contributed by atoms with van der Waals surface area (Å²) in [5.74, 6) is 2.17. The maximum absolute atomic E-state index is 12.1. The van der Waals surface area contributed by atoms with Gasteiger partial charge in [0.15, 0.2) is 0 Å². The summed E-state index contributed by atoms with van der Waals surface area (Å²) >= 11 is 0. The predicted octanol–water partition coefficient (Wildman–Crippen LogP) is -0.613. The van der Waals surface area contributed by atoms with Crippen LogP contribution in [0.5, 0.6) is 23.0 Å². The molecule has 0 atom stereocenters. The Morgan fingerprint density at radius 1 is 0.688 bits per heavy atom. The van der Waals surface area contributed by atoms with E-state index in [1.165, 1.54) is 26.4 Å². The molecule has 0 fully saturated rings. The van der Waals surface area contributed by atoms with E-state index in [9.17, 15) is 13.0 Å². The van der Waals surface area contributed by atoms with Gasteiger partial charge in [-0.2, -0.15) is 0 Å². The number of benzene rings is 3. The molecule has 32 heavy (non-hydrogen) atoms. The Labute approximate surface area is 201 Å². The zero-order chi connectivity index (χ0) is 22.6. The molecule has 0 heterocycles. The normalized spacial score (nSPS) is 10.9. The van der Waals surface area contributed by atoms with E-state index in [4.69, 9.17) is 18.9 Å². The molecule has 0 saturated heterocycles. The van der Waals surface area contributed by atoms with Crippen LogP contribution in [0.2, 0.25) is 0 Å². The van der Waals surface area contributed by atoms with Crippen molar-refractivity contribution in [3.8, 4) is 23.0 Å². The molecule has 0 saturated carbocycles. The molecule has 0 amide bonds. The van der Waals surface area contributed by atoms with Crippen molar-refractivity contribution < 1.29 is 50.8 Å². The summed E-state index contributed by atoms with van der Waals surface area (Å²) in [7, 11) is -0.152. The first-order valence-corrected chi connectivity index (χ1v) is 11.9. The Hall–Kier alpha value is -2.20. The van der Waals surface area contributed by atoms with Gasteiger partial charge in [0.1, 0.15) is 33.1 Å². The van der Waals surface area contributed by atoms with Gasteiger partial charge >= 0.3 is 18.9 Å². The monoisotopic (exact) mass is 468 g/mol. The summed E-state index contributed by atoms with van der Waals surface area (Å²) in [6.45, 7) is 0. The van der Waals surface area contributed by atoms with Crippen LogP contribution in [0.1, 0.15) is 0 Å². The molecule has 10 heteroatoms. The zero-order valence-corrected chi connectivity index (χ0v) is 20.2. The Morgan fingerprint density at radius 3 is 1.56 bits per heavy atom. The number of ether oxygens (including phenoxy) is 4. The van der Waals surface area contributed by atoms with E-state index in [2.05, 4.69) is 0 Å². The van der Waals surface area contributed by atoms with Gasteiger partial charge in [-0.25, -0.2) is 8.42 Å². The standard InChI is InChI=1S/C22H23O7PS.Li/c1-26-15-9-11-19(17(13-15)28-3)30(20-12-10-16(27-2)14-18(20)29-4)21-7-5-6-8-22(21)31(23,24)25;/h5-14H,1-4H3,(H,23,24,25);/q;+1/p-1. The van der Waals surface area contributed by atoms with E-state index in [0.29, 0.717) is 38.9 Å². The van der Waals surface area contributed by atoms with E-state index in [-0.39, 0.29) is 23.8 Å². The van der Waals surface area contributed by atoms with E-state index < -0.39 is 18.0 Å². The van der Waals surface area contributed by atoms with Gasteiger partial charge in [-0.1, -0.05) is 18.2 Å². The SMILES string of the molecule is COc1ccc(P(c2ccc(OC)cc2OC)c2ccccc2S(=O)(=O)[O-])c(OC)c1.[Li+]. The molecule has 0 radical (unpaired) electrons. The largest absolute Gasteiger partial charge is 1.00 e. The molecule has 3 rings (SSSR count). The molecule has 3 aromatic carbocycles. The zero-order valence-electron chi connectivity index (χ0n) is 18.5. The average Bonchev–Trinajstić information content (AvgIpc) is 2.79. The molecular formula is C22H22LiO7PS. The van der Waals surface area contributed by atoms with Crippen LogP contribution in [0.15, 0.2) is 65.6 Å². The quantitative estimate of drug-likeness (QED) is 0.247. The summed E-state index contributed by atoms with van der Waals surface area (Å²) in [6.07, 6.45) is 0. The van der Waals surface area contributed by atoms with Crippen molar-refractivity contribution in [2.45, 2.75) is 4.90 Å². The summed E-state index contributed by atoms with van der Waals surface area (Å²) in [6, 6.07) is 16.8. The number of hydrogen-bond acceptors (Lipinski definition) is 7. The van der Waals surface area contributed by atoms with Crippen LogP contribution < -0.4 is 53.7 Å². The van der Waals surface area contributed by atoms with E-state index >= 15 is 0 Å². The Bertz CT molecular complexity index is 1130. The van der Waals surface area contributed by atoms with Gasteiger partial charge in [0.2, 0.25) is 0 Å². The molecule has 3 aromatic rings. The van der Waals surface area contributed by atoms with Crippen LogP contribution >= 0.6 is 7.92 Å². The first-order chi connectivity index (χ1) is 14.8. The van der Waals surface area contributed by atoms with Crippen molar-refractivity contribution in [2.75, 3.05) is 28.4 Å². The first kappa shape index (κ1) is 26.1. The molecule has 0 aliphatic rings. The van der Waals surface area contributed by atoms with Crippen LogP contribution in [0.25, 0.3) is 0 Å². The van der Waals surface area contributed by atoms with Crippen LogP contribution in [0.3, 0.4) is 0 Å². The minimum Gasteiger partial charge on any atom is -0.744 e. The second-order valence-corrected chi connectivity index (χ2v) is 9.80. The molecule has 0 unspecified atom stereocenters. The summed E-state index contributed by atoms with van der Waals surface area (Å²) in [5.41, 5.74) is 0. The van der Waals surface area contributed by atoms with E-state index in [0.717, 1.165) is 0 Å². The molecule has 0 aromatic heterocycles. The molecule has 0 bridgehead atoms. The number of rotatable bonds is 8. The molecule has 0 aliphatic heterocycles. The Morgan fingerprint density at radius 2 is 1.16 bits per heavy atom. The first-order valence-electron chi connectivity index (χ1n) is 9.13. The van der Waals surface area contributed by atoms with Crippen molar-refractivity contribution >= 4 is 34.0 Å². The van der Waals surface area contributed by atoms with Crippen molar-refractivity contribution in [1.82, 2.24) is 0 Å². The molecular weight excluding hydrogens is 446 g/mol. The fraction of sp³-hybridized carbons (Fsp3) is 0.182. The van der Waals surface area contributed by atoms with Crippen molar-refractivity contribution in [1.29, 1.82) is 0 Å². The third-order valence-electron chi connectivity index (χ3n) is 4.63. The Balaban J connectivity index is 0.00000363. The second-order valence-electron chi connectivity index (χ2n) is 6.33. The molecule has 0 aliphatic carbocycles. The van der Waals surface area contributed by atoms with E-state index in [1.54, 1.807) is 62.8 Å². The van der Waals surface area contributed by atoms with Crippen molar-refractivity contribution in [3.63, 3.8) is 0 Å². The topological polar surface area (TPSA) is 94.1 Å². The third kappa shape index (κ3) is 5.40. The smallest absolute Gasteiger partial charge is 0.744 e. The number of methoxy groups -OCH3 is 4.